The van der Waals surface area contributed by atoms with Gasteiger partial charge >= 0.3 is 13.9 Å². The second-order valence-electron chi connectivity index (χ2n) is 12.7. The van der Waals surface area contributed by atoms with Crippen molar-refractivity contribution in [3.8, 4) is 5.75 Å². The Morgan fingerprint density at radius 3 is 2.34 bits per heavy atom. The zero-order valence-corrected chi connectivity index (χ0v) is 29.2. The van der Waals surface area contributed by atoms with Crippen molar-refractivity contribution in [1.29, 1.82) is 0 Å². The average molecular weight is 716 g/mol. The molecule has 2 fully saturated rings. The van der Waals surface area contributed by atoms with Crippen LogP contribution in [0.1, 0.15) is 62.5 Å². The number of carbonyl (C=O) groups is 5. The van der Waals surface area contributed by atoms with E-state index in [4.69, 9.17) is 14.5 Å². The van der Waals surface area contributed by atoms with Crippen LogP contribution in [0.5, 0.6) is 5.75 Å². The van der Waals surface area contributed by atoms with Crippen molar-refractivity contribution in [2.24, 2.45) is 0 Å². The standard InChI is InChI=1S/C34H46N5O10P/c1-38(2)30(40)13-8-20-35-32(42)29-19-16-25-11-6-7-12-27(33(43)39(25)29)36-31(41)28(37-34(44)48-22-24-9-4-3-5-10-24)21-23-14-17-26(18-15-23)49-50(45,46)47/h3-5,9-10,14-15,17-18,25,27-29H,6-8,11-13,16,19-22H2,1-2H3,(H,35,42)(H,36,41)(H,37,44)(H2,45,46,47)/t25-,27?,28-,29?/m0/s1. The van der Waals surface area contributed by atoms with E-state index in [9.17, 15) is 28.5 Å². The van der Waals surface area contributed by atoms with Gasteiger partial charge in [0.25, 0.3) is 0 Å². The van der Waals surface area contributed by atoms with Crippen molar-refractivity contribution in [2.45, 2.75) is 88.6 Å². The molecule has 0 aromatic heterocycles. The predicted octanol–water partition coefficient (Wildman–Crippen LogP) is 2.40. The van der Waals surface area contributed by atoms with E-state index in [1.807, 2.05) is 6.07 Å². The Morgan fingerprint density at radius 1 is 0.960 bits per heavy atom. The van der Waals surface area contributed by atoms with E-state index in [-0.39, 0.29) is 49.0 Å². The molecule has 15 nitrogen and oxygen atoms in total. The molecule has 5 amide bonds. The molecule has 0 saturated carbocycles. The maximum Gasteiger partial charge on any atom is 0.524 e. The Hall–Kier alpha value is -4.46. The summed E-state index contributed by atoms with van der Waals surface area (Å²) in [6, 6.07) is 11.6. The molecule has 2 aromatic carbocycles. The molecule has 4 atom stereocenters. The minimum Gasteiger partial charge on any atom is -0.445 e. The summed E-state index contributed by atoms with van der Waals surface area (Å²) in [6.45, 7) is 0.254. The van der Waals surface area contributed by atoms with Crippen molar-refractivity contribution in [3.63, 3.8) is 0 Å². The van der Waals surface area contributed by atoms with Gasteiger partial charge in [-0.2, -0.15) is 0 Å². The van der Waals surface area contributed by atoms with Crippen LogP contribution in [-0.4, -0.2) is 94.1 Å². The van der Waals surface area contributed by atoms with Crippen molar-refractivity contribution in [1.82, 2.24) is 25.8 Å². The number of carbonyl (C=O) groups excluding carboxylic acids is 5. The summed E-state index contributed by atoms with van der Waals surface area (Å²) in [5.41, 5.74) is 1.27. The molecule has 2 saturated heterocycles. The van der Waals surface area contributed by atoms with Crippen molar-refractivity contribution >= 4 is 37.5 Å². The molecule has 4 rings (SSSR count). The van der Waals surface area contributed by atoms with Crippen LogP contribution in [0.25, 0.3) is 0 Å². The zero-order valence-electron chi connectivity index (χ0n) is 28.3. The first-order valence-electron chi connectivity index (χ1n) is 16.7. The summed E-state index contributed by atoms with van der Waals surface area (Å²) in [6.07, 6.45) is 3.56. The topological polar surface area (TPSA) is 204 Å². The second-order valence-corrected chi connectivity index (χ2v) is 13.9. The molecule has 0 radical (unpaired) electrons. The molecule has 50 heavy (non-hydrogen) atoms. The third-order valence-electron chi connectivity index (χ3n) is 8.73. The van der Waals surface area contributed by atoms with Crippen LogP contribution in [0.3, 0.4) is 0 Å². The normalized spacial score (nSPS) is 19.6. The molecule has 2 unspecified atom stereocenters. The summed E-state index contributed by atoms with van der Waals surface area (Å²) >= 11 is 0. The smallest absolute Gasteiger partial charge is 0.445 e. The fraction of sp³-hybridized carbons (Fsp3) is 0.500. The maximum atomic E-state index is 14.0. The van der Waals surface area contributed by atoms with Gasteiger partial charge in [0.1, 0.15) is 30.5 Å². The van der Waals surface area contributed by atoms with Crippen molar-refractivity contribution in [3.05, 3.63) is 65.7 Å². The summed E-state index contributed by atoms with van der Waals surface area (Å²) in [5, 5.41) is 8.28. The number of phosphoric ester groups is 1. The molecular weight excluding hydrogens is 669 g/mol. The molecule has 2 aromatic rings. The van der Waals surface area contributed by atoms with E-state index in [0.29, 0.717) is 44.2 Å². The van der Waals surface area contributed by atoms with Gasteiger partial charge in [0.05, 0.1) is 0 Å². The molecule has 272 valence electrons. The molecule has 16 heteroatoms. The lowest BCUT2D eigenvalue weighted by atomic mass is 9.98. The molecule has 2 aliphatic rings. The SMILES string of the molecule is CN(C)C(=O)CCCNC(=O)C1CC[C@@H]2CCCCC(NC(=O)[C@H](Cc3ccc(OP(=O)(O)O)cc3)NC(=O)OCc3ccccc3)C(=O)N12. The highest BCUT2D eigenvalue weighted by atomic mass is 31.2. The fourth-order valence-electron chi connectivity index (χ4n) is 6.16. The van der Waals surface area contributed by atoms with E-state index in [1.165, 1.54) is 29.2 Å². The van der Waals surface area contributed by atoms with E-state index in [1.54, 1.807) is 43.3 Å². The van der Waals surface area contributed by atoms with E-state index < -0.39 is 37.9 Å². The van der Waals surface area contributed by atoms with Crippen molar-refractivity contribution < 1.29 is 47.6 Å². The molecule has 0 spiro atoms. The van der Waals surface area contributed by atoms with E-state index in [2.05, 4.69) is 20.5 Å². The third-order valence-corrected chi connectivity index (χ3v) is 9.18. The number of phosphoric acid groups is 1. The quantitative estimate of drug-likeness (QED) is 0.143. The number of amides is 5. The molecule has 2 aliphatic heterocycles. The zero-order chi connectivity index (χ0) is 36.3. The highest BCUT2D eigenvalue weighted by Crippen LogP contribution is 2.37. The van der Waals surface area contributed by atoms with E-state index in [0.717, 1.165) is 18.4 Å². The first kappa shape index (κ1) is 38.3. The van der Waals surface area contributed by atoms with Crippen LogP contribution in [0.2, 0.25) is 0 Å². The number of rotatable bonds is 14. The minimum atomic E-state index is -4.78. The number of ether oxygens (including phenoxy) is 1. The average Bonchev–Trinajstić information content (AvgIpc) is 3.49. The fourth-order valence-corrected chi connectivity index (χ4v) is 6.56. The van der Waals surface area contributed by atoms with Crippen LogP contribution in [0.4, 0.5) is 4.79 Å². The van der Waals surface area contributed by atoms with Gasteiger partial charge in [-0.15, -0.1) is 0 Å². The van der Waals surface area contributed by atoms with Crippen LogP contribution in [0.15, 0.2) is 54.6 Å². The predicted molar refractivity (Wildman–Crippen MR) is 181 cm³/mol. The number of nitrogens with zero attached hydrogens (tertiary/aromatic N) is 2. The number of fused-ring (bicyclic) bond motifs is 1. The Morgan fingerprint density at radius 2 is 1.66 bits per heavy atom. The van der Waals surface area contributed by atoms with Gasteiger partial charge in [0.2, 0.25) is 23.6 Å². The Balaban J connectivity index is 1.45. The number of hydrogen-bond acceptors (Lipinski definition) is 8. The summed E-state index contributed by atoms with van der Waals surface area (Å²) < 4.78 is 21.2. The summed E-state index contributed by atoms with van der Waals surface area (Å²) in [4.78, 5) is 87.2. The summed E-state index contributed by atoms with van der Waals surface area (Å²) in [7, 11) is -1.44. The van der Waals surface area contributed by atoms with Gasteiger partial charge in [-0.1, -0.05) is 55.3 Å². The Kier molecular flexibility index (Phi) is 13.8. The molecule has 2 heterocycles. The minimum absolute atomic E-state index is 0.0394. The van der Waals surface area contributed by atoms with Gasteiger partial charge in [-0.25, -0.2) is 9.36 Å². The van der Waals surface area contributed by atoms with Crippen molar-refractivity contribution in [2.75, 3.05) is 20.6 Å². The number of alkyl carbamates (subject to hydrolysis) is 1. The highest BCUT2D eigenvalue weighted by molar-refractivity contribution is 7.46. The number of benzene rings is 2. The summed E-state index contributed by atoms with van der Waals surface area (Å²) in [5.74, 6) is -1.43. The number of hydrogen-bond donors (Lipinski definition) is 5. The monoisotopic (exact) mass is 715 g/mol. The van der Waals surface area contributed by atoms with Crippen LogP contribution in [-0.2, 0) is 41.5 Å². The largest absolute Gasteiger partial charge is 0.524 e. The number of nitrogens with one attached hydrogen (secondary N) is 3. The first-order chi connectivity index (χ1) is 23.8. The lowest BCUT2D eigenvalue weighted by molar-refractivity contribution is -0.144. The van der Waals surface area contributed by atoms with Crippen LogP contribution >= 0.6 is 7.82 Å². The molecule has 0 bridgehead atoms. The molecular formula is C34H46N5O10P. The second kappa shape index (κ2) is 18.0. The molecule has 0 aliphatic carbocycles. The lowest BCUT2D eigenvalue weighted by Gasteiger charge is -2.35. The van der Waals surface area contributed by atoms with E-state index >= 15 is 0 Å². The van der Waals surface area contributed by atoms with Crippen LogP contribution in [0, 0.1) is 0 Å². The third kappa shape index (κ3) is 11.6. The van der Waals surface area contributed by atoms with Gasteiger partial charge in [0, 0.05) is 39.5 Å². The van der Waals surface area contributed by atoms with Gasteiger partial charge in [-0.3, -0.25) is 29.0 Å². The Bertz CT molecular complexity index is 1530. The highest BCUT2D eigenvalue weighted by Gasteiger charge is 2.44. The van der Waals surface area contributed by atoms with Crippen LogP contribution < -0.4 is 20.5 Å². The van der Waals surface area contributed by atoms with Gasteiger partial charge < -0.3 is 35.0 Å². The van der Waals surface area contributed by atoms with Gasteiger partial charge in [-0.05, 0) is 55.4 Å². The lowest BCUT2D eigenvalue weighted by Crippen LogP contribution is -2.59. The first-order valence-corrected chi connectivity index (χ1v) is 18.3. The van der Waals surface area contributed by atoms with Gasteiger partial charge in [0.15, 0.2) is 0 Å². The Labute approximate surface area is 291 Å². The molecule has 5 N–H and O–H groups in total. The maximum absolute atomic E-state index is 14.0.